The van der Waals surface area contributed by atoms with Crippen molar-refractivity contribution in [3.8, 4) is 22.6 Å². The van der Waals surface area contributed by atoms with Gasteiger partial charge in [-0.05, 0) is 30.3 Å². The van der Waals surface area contributed by atoms with E-state index in [0.717, 1.165) is 0 Å². The molecule has 0 amide bonds. The number of hydrogen-bond acceptors (Lipinski definition) is 4. The molecule has 0 radical (unpaired) electrons. The second-order valence-corrected chi connectivity index (χ2v) is 6.73. The second-order valence-electron chi connectivity index (χ2n) is 6.33. The van der Waals surface area contributed by atoms with E-state index in [9.17, 15) is 9.18 Å². The maximum atomic E-state index is 13.9. The van der Waals surface area contributed by atoms with Crippen molar-refractivity contribution < 1.29 is 18.3 Å². The normalized spacial score (nSPS) is 10.9. The van der Waals surface area contributed by atoms with E-state index in [1.165, 1.54) is 18.4 Å². The molecule has 29 heavy (non-hydrogen) atoms. The molecule has 0 aliphatic heterocycles. The van der Waals surface area contributed by atoms with Gasteiger partial charge in [-0.15, -0.1) is 0 Å². The second kappa shape index (κ2) is 7.97. The van der Waals surface area contributed by atoms with Gasteiger partial charge >= 0.3 is 0 Å². The van der Waals surface area contributed by atoms with E-state index in [1.54, 1.807) is 43.5 Å². The number of ether oxygens (including phenoxy) is 2. The number of halogens is 2. The Bertz CT molecular complexity index is 1230. The number of para-hydroxylation sites is 1. The fourth-order valence-electron chi connectivity index (χ4n) is 3.08. The summed E-state index contributed by atoms with van der Waals surface area (Å²) in [5.74, 6) is 0.581. The molecule has 1 heterocycles. The first-order valence-corrected chi connectivity index (χ1v) is 9.21. The van der Waals surface area contributed by atoms with Crippen LogP contribution in [0.2, 0.25) is 5.02 Å². The average Bonchev–Trinajstić information content (AvgIpc) is 2.73. The van der Waals surface area contributed by atoms with E-state index in [1.807, 2.05) is 12.1 Å². The maximum Gasteiger partial charge on any atom is 0.200 e. The van der Waals surface area contributed by atoms with Crippen LogP contribution < -0.4 is 14.9 Å². The van der Waals surface area contributed by atoms with Crippen molar-refractivity contribution in [2.45, 2.75) is 6.61 Å². The van der Waals surface area contributed by atoms with Crippen LogP contribution in [0.15, 0.2) is 76.1 Å². The summed E-state index contributed by atoms with van der Waals surface area (Å²) in [5.41, 5.74) is 1.51. The lowest BCUT2D eigenvalue weighted by atomic mass is 10.0. The van der Waals surface area contributed by atoms with Crippen LogP contribution in [0.5, 0.6) is 11.5 Å². The van der Waals surface area contributed by atoms with Crippen LogP contribution in [0.1, 0.15) is 5.56 Å². The Labute approximate surface area is 171 Å². The molecule has 1 aromatic heterocycles. The van der Waals surface area contributed by atoms with Crippen LogP contribution in [-0.2, 0) is 6.61 Å². The summed E-state index contributed by atoms with van der Waals surface area (Å²) >= 11 is 6.02. The monoisotopic (exact) mass is 410 g/mol. The SMILES string of the molecule is COc1ccccc1-c1coc2cc(OCc3c(F)cccc3Cl)ccc2c1=O. The fourth-order valence-corrected chi connectivity index (χ4v) is 3.29. The van der Waals surface area contributed by atoms with Crippen molar-refractivity contribution in [3.63, 3.8) is 0 Å². The standard InChI is InChI=1S/C23H16ClFO4/c1-27-21-8-3-2-5-15(21)17-12-29-22-11-14(9-10-16(22)23(17)26)28-13-18-19(24)6-4-7-20(18)25/h2-12H,13H2,1H3. The molecular formula is C23H16ClFO4. The summed E-state index contributed by atoms with van der Waals surface area (Å²) in [4.78, 5) is 13.0. The number of methoxy groups -OCH3 is 1. The first-order chi connectivity index (χ1) is 14.1. The predicted octanol–water partition coefficient (Wildman–Crippen LogP) is 5.84. The molecule has 0 saturated carbocycles. The molecule has 6 heteroatoms. The van der Waals surface area contributed by atoms with Gasteiger partial charge in [-0.2, -0.15) is 0 Å². The molecule has 0 aliphatic carbocycles. The molecule has 0 N–H and O–H groups in total. The zero-order valence-electron chi connectivity index (χ0n) is 15.4. The minimum absolute atomic E-state index is 0.0411. The van der Waals surface area contributed by atoms with Gasteiger partial charge < -0.3 is 13.9 Å². The quantitative estimate of drug-likeness (QED) is 0.414. The van der Waals surface area contributed by atoms with E-state index in [2.05, 4.69) is 0 Å². The third-order valence-corrected chi connectivity index (χ3v) is 4.94. The Hall–Kier alpha value is -3.31. The van der Waals surface area contributed by atoms with Crippen molar-refractivity contribution in [2.24, 2.45) is 0 Å². The van der Waals surface area contributed by atoms with Crippen LogP contribution in [0.3, 0.4) is 0 Å². The number of hydrogen-bond donors (Lipinski definition) is 0. The molecule has 3 aromatic carbocycles. The van der Waals surface area contributed by atoms with Gasteiger partial charge in [0.05, 0.1) is 23.1 Å². The molecule has 0 bridgehead atoms. The minimum atomic E-state index is -0.439. The molecule has 4 rings (SSSR count). The van der Waals surface area contributed by atoms with Gasteiger partial charge in [0, 0.05) is 17.2 Å². The van der Waals surface area contributed by atoms with E-state index in [-0.39, 0.29) is 17.6 Å². The summed E-state index contributed by atoms with van der Waals surface area (Å²) < 4.78 is 30.6. The van der Waals surface area contributed by atoms with Gasteiger partial charge in [0.25, 0.3) is 0 Å². The number of fused-ring (bicyclic) bond motifs is 1. The van der Waals surface area contributed by atoms with Crippen LogP contribution >= 0.6 is 11.6 Å². The zero-order chi connectivity index (χ0) is 20.4. The molecule has 146 valence electrons. The van der Waals surface area contributed by atoms with E-state index >= 15 is 0 Å². The predicted molar refractivity (Wildman–Crippen MR) is 110 cm³/mol. The van der Waals surface area contributed by atoms with Crippen LogP contribution in [0.25, 0.3) is 22.1 Å². The van der Waals surface area contributed by atoms with Gasteiger partial charge in [0.1, 0.15) is 35.8 Å². The summed E-state index contributed by atoms with van der Waals surface area (Å²) in [6.07, 6.45) is 1.40. The maximum absolute atomic E-state index is 13.9. The van der Waals surface area contributed by atoms with Gasteiger partial charge in [-0.25, -0.2) is 4.39 Å². The topological polar surface area (TPSA) is 48.7 Å². The first-order valence-electron chi connectivity index (χ1n) is 8.83. The van der Waals surface area contributed by atoms with Crippen molar-refractivity contribution in [2.75, 3.05) is 7.11 Å². The fraction of sp³-hybridized carbons (Fsp3) is 0.0870. The molecule has 0 spiro atoms. The number of benzene rings is 3. The highest BCUT2D eigenvalue weighted by Gasteiger charge is 2.14. The van der Waals surface area contributed by atoms with E-state index < -0.39 is 5.82 Å². The lowest BCUT2D eigenvalue weighted by Crippen LogP contribution is -2.06. The summed E-state index contributed by atoms with van der Waals surface area (Å²) in [7, 11) is 1.55. The summed E-state index contributed by atoms with van der Waals surface area (Å²) in [6, 6.07) is 16.5. The molecule has 0 fully saturated rings. The van der Waals surface area contributed by atoms with E-state index in [4.69, 9.17) is 25.5 Å². The van der Waals surface area contributed by atoms with Crippen molar-refractivity contribution >= 4 is 22.6 Å². The van der Waals surface area contributed by atoms with E-state index in [0.29, 0.717) is 38.6 Å². The number of rotatable bonds is 5. The van der Waals surface area contributed by atoms with Crippen molar-refractivity contribution in [1.82, 2.24) is 0 Å². The van der Waals surface area contributed by atoms with Gasteiger partial charge in [-0.1, -0.05) is 35.9 Å². The molecule has 0 aliphatic rings. The Kier molecular flexibility index (Phi) is 5.23. The summed E-state index contributed by atoms with van der Waals surface area (Å²) in [5, 5.41) is 0.698. The largest absolute Gasteiger partial charge is 0.496 e. The zero-order valence-corrected chi connectivity index (χ0v) is 16.2. The summed E-state index contributed by atoms with van der Waals surface area (Å²) in [6.45, 7) is -0.0411. The van der Waals surface area contributed by atoms with Crippen LogP contribution in [0.4, 0.5) is 4.39 Å². The highest BCUT2D eigenvalue weighted by molar-refractivity contribution is 6.31. The van der Waals surface area contributed by atoms with Gasteiger partial charge in [0.15, 0.2) is 0 Å². The third-order valence-electron chi connectivity index (χ3n) is 4.59. The molecule has 4 aromatic rings. The van der Waals surface area contributed by atoms with Gasteiger partial charge in [-0.3, -0.25) is 4.79 Å². The lowest BCUT2D eigenvalue weighted by Gasteiger charge is -2.10. The molecule has 0 saturated heterocycles. The Balaban J connectivity index is 1.67. The van der Waals surface area contributed by atoms with Crippen LogP contribution in [0, 0.1) is 5.82 Å². The smallest absolute Gasteiger partial charge is 0.200 e. The highest BCUT2D eigenvalue weighted by Crippen LogP contribution is 2.30. The molecular weight excluding hydrogens is 395 g/mol. The Morgan fingerprint density at radius 1 is 1.03 bits per heavy atom. The highest BCUT2D eigenvalue weighted by atomic mass is 35.5. The van der Waals surface area contributed by atoms with Gasteiger partial charge in [0.2, 0.25) is 5.43 Å². The minimum Gasteiger partial charge on any atom is -0.496 e. The molecule has 0 unspecified atom stereocenters. The first kappa shape index (κ1) is 19.0. The van der Waals surface area contributed by atoms with Crippen molar-refractivity contribution in [1.29, 1.82) is 0 Å². The Morgan fingerprint density at radius 3 is 2.66 bits per heavy atom. The Morgan fingerprint density at radius 2 is 1.86 bits per heavy atom. The molecule has 0 atom stereocenters. The van der Waals surface area contributed by atoms with Crippen molar-refractivity contribution in [3.05, 3.63) is 93.6 Å². The lowest BCUT2D eigenvalue weighted by molar-refractivity contribution is 0.300. The average molecular weight is 411 g/mol. The van der Waals surface area contributed by atoms with Crippen LogP contribution in [-0.4, -0.2) is 7.11 Å². The third kappa shape index (κ3) is 3.69. The molecule has 4 nitrogen and oxygen atoms in total.